The zero-order valence-electron chi connectivity index (χ0n) is 9.41. The lowest BCUT2D eigenvalue weighted by Crippen LogP contribution is -2.23. The van der Waals surface area contributed by atoms with E-state index in [2.05, 4.69) is 35.6 Å². The van der Waals surface area contributed by atoms with Crippen molar-refractivity contribution in [2.75, 3.05) is 13.1 Å². The van der Waals surface area contributed by atoms with Crippen LogP contribution in [-0.2, 0) is 6.42 Å². The summed E-state index contributed by atoms with van der Waals surface area (Å²) in [6.45, 7) is 2.33. The van der Waals surface area contributed by atoms with Crippen LogP contribution < -0.4 is 5.32 Å². The van der Waals surface area contributed by atoms with Crippen LogP contribution in [0.1, 0.15) is 31.2 Å². The van der Waals surface area contributed by atoms with Gasteiger partial charge >= 0.3 is 0 Å². The Morgan fingerprint density at radius 1 is 1.07 bits per heavy atom. The summed E-state index contributed by atoms with van der Waals surface area (Å²) in [5.74, 6) is 1.04. The van der Waals surface area contributed by atoms with Crippen molar-refractivity contribution in [2.45, 2.75) is 32.1 Å². The Labute approximate surface area is 92.9 Å². The topological polar surface area (TPSA) is 12.0 Å². The molecule has 2 rings (SSSR count). The predicted molar refractivity (Wildman–Crippen MR) is 65.0 cm³/mol. The molecule has 1 fully saturated rings. The van der Waals surface area contributed by atoms with Crippen LogP contribution >= 0.6 is 0 Å². The van der Waals surface area contributed by atoms with Gasteiger partial charge in [0.05, 0.1) is 0 Å². The van der Waals surface area contributed by atoms with E-state index in [0.29, 0.717) is 0 Å². The third kappa shape index (κ3) is 3.67. The van der Waals surface area contributed by atoms with E-state index in [1.165, 1.54) is 37.8 Å². The van der Waals surface area contributed by atoms with Crippen molar-refractivity contribution in [3.05, 3.63) is 35.9 Å². The molecule has 0 aromatic heterocycles. The van der Waals surface area contributed by atoms with Crippen molar-refractivity contribution < 1.29 is 0 Å². The summed E-state index contributed by atoms with van der Waals surface area (Å²) in [5, 5.41) is 3.53. The second-order valence-electron chi connectivity index (χ2n) is 4.57. The summed E-state index contributed by atoms with van der Waals surface area (Å²) >= 11 is 0. The van der Waals surface area contributed by atoms with Crippen LogP contribution in [0.3, 0.4) is 0 Å². The van der Waals surface area contributed by atoms with Crippen LogP contribution in [0, 0.1) is 5.92 Å². The fourth-order valence-corrected chi connectivity index (χ4v) is 2.09. The molecule has 0 atom stereocenters. The second kappa shape index (κ2) is 5.92. The lowest BCUT2D eigenvalue weighted by molar-refractivity contribution is 0.292. The highest BCUT2D eigenvalue weighted by atomic mass is 14.8. The van der Waals surface area contributed by atoms with Crippen molar-refractivity contribution in [1.29, 1.82) is 0 Å². The summed E-state index contributed by atoms with van der Waals surface area (Å²) < 4.78 is 0. The first-order chi connectivity index (χ1) is 7.45. The molecule has 1 nitrogen and oxygen atoms in total. The summed E-state index contributed by atoms with van der Waals surface area (Å²) in [5.41, 5.74) is 1.44. The van der Waals surface area contributed by atoms with Crippen LogP contribution in [0.25, 0.3) is 0 Å². The van der Waals surface area contributed by atoms with Crippen LogP contribution in [-0.4, -0.2) is 13.1 Å². The highest BCUT2D eigenvalue weighted by molar-refractivity contribution is 5.14. The number of rotatable bonds is 6. The fraction of sp³-hybridized carbons (Fsp3) is 0.571. The number of hydrogen-bond donors (Lipinski definition) is 1. The molecule has 1 aliphatic carbocycles. The zero-order chi connectivity index (χ0) is 10.3. The summed E-state index contributed by atoms with van der Waals surface area (Å²) in [6.07, 6.45) is 6.95. The normalized spacial score (nSPS) is 16.3. The molecule has 0 amide bonds. The van der Waals surface area contributed by atoms with Crippen molar-refractivity contribution >= 4 is 0 Å². The molecule has 0 spiro atoms. The van der Waals surface area contributed by atoms with Gasteiger partial charge in [0.2, 0.25) is 0 Å². The van der Waals surface area contributed by atoms with E-state index in [9.17, 15) is 0 Å². The van der Waals surface area contributed by atoms with Crippen molar-refractivity contribution in [3.8, 4) is 0 Å². The smallest absolute Gasteiger partial charge is 0.000835 e. The third-order valence-corrected chi connectivity index (χ3v) is 3.39. The molecule has 1 aromatic carbocycles. The summed E-state index contributed by atoms with van der Waals surface area (Å²) in [4.78, 5) is 0. The Hall–Kier alpha value is -0.820. The molecule has 0 unspecified atom stereocenters. The first-order valence-corrected chi connectivity index (χ1v) is 6.20. The molecule has 15 heavy (non-hydrogen) atoms. The van der Waals surface area contributed by atoms with Crippen LogP contribution in [0.5, 0.6) is 0 Å². The van der Waals surface area contributed by atoms with Gasteiger partial charge in [0, 0.05) is 0 Å². The Morgan fingerprint density at radius 2 is 1.87 bits per heavy atom. The molecular weight excluding hydrogens is 182 g/mol. The number of nitrogens with one attached hydrogen (secondary N) is 1. The standard InChI is InChI=1S/C14H21N/c1-2-5-13(6-3-1)9-11-15-12-10-14-7-4-8-14/h1-3,5-6,14-15H,4,7-12H2. The van der Waals surface area contributed by atoms with Gasteiger partial charge < -0.3 is 5.32 Å². The van der Waals surface area contributed by atoms with Gasteiger partial charge in [-0.1, -0.05) is 49.6 Å². The van der Waals surface area contributed by atoms with Crippen LogP contribution in [0.2, 0.25) is 0 Å². The first kappa shape index (κ1) is 10.7. The molecule has 1 aliphatic rings. The minimum atomic E-state index is 1.04. The molecule has 0 bridgehead atoms. The molecule has 1 heteroatoms. The zero-order valence-corrected chi connectivity index (χ0v) is 9.41. The van der Waals surface area contributed by atoms with Gasteiger partial charge in [-0.2, -0.15) is 0 Å². The lowest BCUT2D eigenvalue weighted by atomic mass is 9.83. The lowest BCUT2D eigenvalue weighted by Gasteiger charge is -2.25. The van der Waals surface area contributed by atoms with E-state index in [1.54, 1.807) is 0 Å². The molecule has 1 saturated carbocycles. The molecule has 0 aliphatic heterocycles. The Balaban J connectivity index is 1.51. The quantitative estimate of drug-likeness (QED) is 0.701. The van der Waals surface area contributed by atoms with Gasteiger partial charge in [-0.15, -0.1) is 0 Å². The number of benzene rings is 1. The van der Waals surface area contributed by atoms with E-state index in [1.807, 2.05) is 0 Å². The summed E-state index contributed by atoms with van der Waals surface area (Å²) in [6, 6.07) is 10.7. The van der Waals surface area contributed by atoms with E-state index in [-0.39, 0.29) is 0 Å². The average Bonchev–Trinajstić information content (AvgIpc) is 2.22. The summed E-state index contributed by atoms with van der Waals surface area (Å²) in [7, 11) is 0. The van der Waals surface area contributed by atoms with Gasteiger partial charge in [-0.3, -0.25) is 0 Å². The minimum absolute atomic E-state index is 1.04. The molecule has 82 valence electrons. The van der Waals surface area contributed by atoms with Gasteiger partial charge in [0.15, 0.2) is 0 Å². The van der Waals surface area contributed by atoms with Crippen molar-refractivity contribution in [2.24, 2.45) is 5.92 Å². The fourth-order valence-electron chi connectivity index (χ4n) is 2.09. The van der Waals surface area contributed by atoms with Crippen LogP contribution in [0.15, 0.2) is 30.3 Å². The van der Waals surface area contributed by atoms with Gasteiger partial charge in [0.25, 0.3) is 0 Å². The van der Waals surface area contributed by atoms with Gasteiger partial charge in [-0.05, 0) is 37.4 Å². The van der Waals surface area contributed by atoms with E-state index < -0.39 is 0 Å². The van der Waals surface area contributed by atoms with Crippen LogP contribution in [0.4, 0.5) is 0 Å². The Morgan fingerprint density at radius 3 is 2.53 bits per heavy atom. The maximum absolute atomic E-state index is 3.53. The largest absolute Gasteiger partial charge is 0.316 e. The maximum atomic E-state index is 3.53. The molecular formula is C14H21N. The highest BCUT2D eigenvalue weighted by Crippen LogP contribution is 2.28. The van der Waals surface area contributed by atoms with E-state index in [4.69, 9.17) is 0 Å². The molecule has 0 radical (unpaired) electrons. The van der Waals surface area contributed by atoms with Crippen molar-refractivity contribution in [1.82, 2.24) is 5.32 Å². The average molecular weight is 203 g/mol. The van der Waals surface area contributed by atoms with E-state index >= 15 is 0 Å². The maximum Gasteiger partial charge on any atom is -0.000835 e. The monoisotopic (exact) mass is 203 g/mol. The minimum Gasteiger partial charge on any atom is -0.316 e. The Kier molecular flexibility index (Phi) is 4.22. The highest BCUT2D eigenvalue weighted by Gasteiger charge is 2.15. The van der Waals surface area contributed by atoms with E-state index in [0.717, 1.165) is 18.9 Å². The molecule has 1 N–H and O–H groups in total. The predicted octanol–water partition coefficient (Wildman–Crippen LogP) is 3.01. The second-order valence-corrected chi connectivity index (χ2v) is 4.57. The Bertz CT molecular complexity index is 264. The molecule has 0 saturated heterocycles. The van der Waals surface area contributed by atoms with Gasteiger partial charge in [0.1, 0.15) is 0 Å². The third-order valence-electron chi connectivity index (χ3n) is 3.39. The SMILES string of the molecule is c1ccc(CCNCCC2CCC2)cc1. The van der Waals surface area contributed by atoms with Crippen molar-refractivity contribution in [3.63, 3.8) is 0 Å². The van der Waals surface area contributed by atoms with Gasteiger partial charge in [-0.25, -0.2) is 0 Å². The number of hydrogen-bond acceptors (Lipinski definition) is 1. The molecule has 0 heterocycles. The molecule has 1 aromatic rings. The first-order valence-electron chi connectivity index (χ1n) is 6.20.